The zero-order valence-electron chi connectivity index (χ0n) is 46.3. The number of hydrazone groups is 2. The lowest BCUT2D eigenvalue weighted by Crippen LogP contribution is -2.46. The van der Waals surface area contributed by atoms with E-state index in [2.05, 4.69) is 30.8 Å². The number of ether oxygens (including phenoxy) is 5. The molecule has 5 bridgehead atoms. The number of Topliss-reactive ketones (excluding diaryl/α,β-unsaturated/α-hetero) is 1. The molecule has 9 N–H and O–H groups in total. The number of rotatable bonds is 9. The number of fused-ring (bicyclic) bond motifs is 14. The van der Waals surface area contributed by atoms with Gasteiger partial charge in [-0.1, -0.05) is 57.5 Å². The average molecular weight is 1130 g/mol. The van der Waals surface area contributed by atoms with Crippen LogP contribution in [0.3, 0.4) is 0 Å². The Morgan fingerprint density at radius 3 is 2.24 bits per heavy atom. The van der Waals surface area contributed by atoms with Crippen LogP contribution in [0.1, 0.15) is 80.3 Å². The number of aliphatic hydroxyl groups is 2. The van der Waals surface area contributed by atoms with E-state index >= 15 is 0 Å². The molecular formula is C57H71ClN8O14. The summed E-state index contributed by atoms with van der Waals surface area (Å²) in [6.07, 6.45) is 7.90. The Bertz CT molecular complexity index is 3060. The fourth-order valence-electron chi connectivity index (χ4n) is 9.33. The molecule has 0 radical (unpaired) electrons. The number of esters is 1. The number of anilines is 1. The molecule has 0 unspecified atom stereocenters. The van der Waals surface area contributed by atoms with Crippen molar-refractivity contribution in [2.45, 2.75) is 85.6 Å². The van der Waals surface area contributed by atoms with Crippen LogP contribution in [0.25, 0.3) is 10.8 Å². The van der Waals surface area contributed by atoms with Gasteiger partial charge >= 0.3 is 11.8 Å². The Balaban J connectivity index is 0.000000410. The zero-order chi connectivity index (χ0) is 58.7. The maximum Gasteiger partial charge on any atom is 0.312 e. The van der Waals surface area contributed by atoms with Crippen LogP contribution in [0.5, 0.6) is 28.7 Å². The molecule has 4 aromatic rings. The predicted octanol–water partition coefficient (Wildman–Crippen LogP) is 6.15. The predicted molar refractivity (Wildman–Crippen MR) is 301 cm³/mol. The third kappa shape index (κ3) is 14.3. The summed E-state index contributed by atoms with van der Waals surface area (Å²) in [6.45, 7) is 15.1. The summed E-state index contributed by atoms with van der Waals surface area (Å²) in [5, 5.41) is 71.2. The molecule has 8 rings (SSSR count). The van der Waals surface area contributed by atoms with Crippen molar-refractivity contribution in [2.24, 2.45) is 39.6 Å². The van der Waals surface area contributed by atoms with Gasteiger partial charge in [-0.3, -0.25) is 29.2 Å². The van der Waals surface area contributed by atoms with Crippen molar-refractivity contribution in [1.29, 1.82) is 0 Å². The van der Waals surface area contributed by atoms with Crippen molar-refractivity contribution < 1.29 is 68.4 Å². The molecular weight excluding hydrogens is 1060 g/mol. The van der Waals surface area contributed by atoms with Crippen molar-refractivity contribution >= 4 is 63.7 Å². The molecule has 4 aliphatic heterocycles. The minimum Gasteiger partial charge on any atom is -0.507 e. The Hall–Kier alpha value is -7.76. The van der Waals surface area contributed by atoms with Gasteiger partial charge in [0.25, 0.3) is 17.6 Å². The molecule has 9 atom stereocenters. The van der Waals surface area contributed by atoms with Crippen molar-refractivity contribution in [2.75, 3.05) is 52.3 Å². The highest BCUT2D eigenvalue weighted by molar-refractivity contribution is 6.30. The Labute approximate surface area is 469 Å². The fourth-order valence-corrected chi connectivity index (χ4v) is 9.46. The number of nitrogens with one attached hydrogen (secondary N) is 2. The van der Waals surface area contributed by atoms with Gasteiger partial charge in [-0.25, -0.2) is 5.43 Å². The van der Waals surface area contributed by atoms with Gasteiger partial charge in [0.15, 0.2) is 11.6 Å². The summed E-state index contributed by atoms with van der Waals surface area (Å²) in [4.78, 5) is 58.2. The summed E-state index contributed by atoms with van der Waals surface area (Å²) in [5.41, 5.74) is 8.08. The molecule has 80 heavy (non-hydrogen) atoms. The van der Waals surface area contributed by atoms with E-state index in [9.17, 15) is 44.7 Å². The Morgan fingerprint density at radius 2 is 1.60 bits per heavy atom. The lowest BCUT2D eigenvalue weighted by molar-refractivity contribution is -0.160. The van der Waals surface area contributed by atoms with E-state index in [1.807, 2.05) is 7.05 Å². The van der Waals surface area contributed by atoms with Crippen molar-refractivity contribution in [1.82, 2.24) is 20.3 Å². The number of aliphatic hydroxyl groups excluding tert-OH is 2. The van der Waals surface area contributed by atoms with Crippen LogP contribution in [0.15, 0.2) is 95.1 Å². The molecule has 1 aromatic heterocycles. The molecule has 0 aliphatic carbocycles. The molecule has 2 amide bonds. The van der Waals surface area contributed by atoms with Gasteiger partial charge in [0.05, 0.1) is 53.0 Å². The van der Waals surface area contributed by atoms with Gasteiger partial charge in [-0.2, -0.15) is 10.2 Å². The van der Waals surface area contributed by atoms with Gasteiger partial charge in [-0.15, -0.1) is 0 Å². The topological polar surface area (TPSA) is 310 Å². The monoisotopic (exact) mass is 1130 g/mol. The number of amides is 2. The van der Waals surface area contributed by atoms with E-state index in [4.69, 9.17) is 41.0 Å². The summed E-state index contributed by atoms with van der Waals surface area (Å²) in [6, 6.07) is 9.98. The molecule has 5 heterocycles. The Morgan fingerprint density at radius 1 is 0.938 bits per heavy atom. The van der Waals surface area contributed by atoms with Crippen LogP contribution in [0, 0.1) is 30.6 Å². The number of pyridine rings is 1. The van der Waals surface area contributed by atoms with Crippen LogP contribution in [-0.2, 0) is 23.8 Å². The number of carbonyl (C=O) groups excluding carboxylic acids is 4. The minimum atomic E-state index is -2.04. The normalized spacial score (nSPS) is 26.5. The quantitative estimate of drug-likeness (QED) is 0.0233. The van der Waals surface area contributed by atoms with Crippen molar-refractivity contribution in [3.63, 3.8) is 0 Å². The number of halogens is 1. The van der Waals surface area contributed by atoms with Crippen LogP contribution >= 0.6 is 11.6 Å². The van der Waals surface area contributed by atoms with Crippen LogP contribution in [0.2, 0.25) is 5.02 Å². The van der Waals surface area contributed by atoms with Gasteiger partial charge in [-0.05, 0) is 63.4 Å². The molecule has 0 saturated carbocycles. The number of hydrogen-bond acceptors (Lipinski definition) is 19. The highest BCUT2D eigenvalue weighted by atomic mass is 35.5. The van der Waals surface area contributed by atoms with E-state index in [0.29, 0.717) is 29.4 Å². The molecule has 0 spiro atoms. The number of nitrogens with two attached hydrogens (primary N) is 1. The van der Waals surface area contributed by atoms with Crippen LogP contribution in [0.4, 0.5) is 5.69 Å². The number of hydrogen-bond donors (Lipinski definition) is 8. The van der Waals surface area contributed by atoms with E-state index in [-0.39, 0.29) is 62.8 Å². The number of aromatic hydroxyl groups is 3. The fraction of sp³-hybridized carbons (Fsp3) is 0.421. The number of benzene rings is 3. The molecule has 430 valence electrons. The van der Waals surface area contributed by atoms with E-state index in [1.54, 1.807) is 81.3 Å². The minimum absolute atomic E-state index is 0.0538. The maximum absolute atomic E-state index is 14.4. The first-order valence-corrected chi connectivity index (χ1v) is 26.2. The van der Waals surface area contributed by atoms with E-state index < -0.39 is 88.8 Å². The van der Waals surface area contributed by atoms with E-state index in [0.717, 1.165) is 13.1 Å². The number of aromatic nitrogens is 1. The second-order valence-corrected chi connectivity index (χ2v) is 20.6. The number of likely N-dealkylation sites (N-methyl/N-ethyl adjacent to an activating group) is 1. The Kier molecular flexibility index (Phi) is 20.7. The number of piperazine rings is 1. The molecule has 22 nitrogen and oxygen atoms in total. The summed E-state index contributed by atoms with van der Waals surface area (Å²) < 4.78 is 29.0. The number of carbonyl (C=O) groups is 4. The standard InChI is InChI=1S/C43H58N4O12.C14H13ClN4O2/c1-21-12-11-13-22(2)42(55)45-33-28(20-44-47-17-15-46(9)16-18-47)37(52)30-31(38(33)53)36(51)26(6)40-32(30)41(54)43(8,59-40)57-19-14-29(56-10)23(3)39(58-27(7)48)25(5)35(50)24(4)34(21)49;15-11-1-3-12(4-2-11)21-9-13(16)18-19-14(20)10-5-7-17-8-6-10/h11-14,19-21,23-25,29,34-35,39,49-53H,15-18H2,1-10H3,(H,45,55);1-8H,9H2,(H2,16,18)(H,19,20)/b12-11+,19-14+,22-13-,44-20+;/t21-,23+,24+,25+,29-,34-,35+,39+,43-;/m0./s1. The van der Waals surface area contributed by atoms with Crippen molar-refractivity contribution in [3.8, 4) is 28.7 Å². The largest absolute Gasteiger partial charge is 0.507 e. The lowest BCUT2D eigenvalue weighted by Gasteiger charge is -2.38. The molecule has 23 heteroatoms. The molecule has 4 aliphatic rings. The highest BCUT2D eigenvalue weighted by Crippen LogP contribution is 2.55. The molecule has 3 aromatic carbocycles. The summed E-state index contributed by atoms with van der Waals surface area (Å²) >= 11 is 5.76. The van der Waals surface area contributed by atoms with Gasteiger partial charge in [0, 0.05) is 110 Å². The van der Waals surface area contributed by atoms with Gasteiger partial charge < -0.3 is 65.2 Å². The molecule has 1 saturated heterocycles. The SMILES string of the molecule is CO[C@H]1/C=C/O[C@@]2(C)Oc3c(C)c(O)c4c(O)c(c(/C=N/N5CCN(C)CC5)c(O)c4c3C2=O)NC(=O)/C(C)=C\C=C\[C@H](C)[C@H](O)[C@@H](C)[C@@H](O)[C@@H](C)[C@H](OC(C)=O)[C@@H]1C.N/C(COc1ccc(Cl)cc1)=N/NC(=O)c1ccncc1. The second kappa shape index (κ2) is 26.9. The first-order chi connectivity index (χ1) is 37.9. The number of ketones is 1. The number of allylic oxidation sites excluding steroid dienone is 2. The maximum atomic E-state index is 14.4. The van der Waals surface area contributed by atoms with E-state index in [1.165, 1.54) is 71.8 Å². The van der Waals surface area contributed by atoms with Crippen LogP contribution in [-0.4, -0.2) is 153 Å². The number of methoxy groups -OCH3 is 1. The number of phenolic OH excluding ortho intramolecular Hbond substituents is 3. The van der Waals surface area contributed by atoms with Gasteiger partial charge in [0.2, 0.25) is 0 Å². The van der Waals surface area contributed by atoms with Crippen molar-refractivity contribution in [3.05, 3.63) is 112 Å². The summed E-state index contributed by atoms with van der Waals surface area (Å²) in [5.74, 6) is -7.96. The first kappa shape index (κ1) is 61.5. The number of nitrogens with zero attached hydrogens (tertiary/aromatic N) is 5. The smallest absolute Gasteiger partial charge is 0.312 e. The first-order valence-electron chi connectivity index (χ1n) is 25.8. The summed E-state index contributed by atoms with van der Waals surface area (Å²) in [7, 11) is 3.42. The number of phenols is 3. The highest BCUT2D eigenvalue weighted by Gasteiger charge is 2.50. The van der Waals surface area contributed by atoms with Crippen LogP contribution < -0.4 is 25.9 Å². The lowest BCUT2D eigenvalue weighted by atomic mass is 9.78. The molecule has 1 fully saturated rings. The average Bonchev–Trinajstić information content (AvgIpc) is 3.83. The van der Waals surface area contributed by atoms with Gasteiger partial charge in [0.1, 0.15) is 35.7 Å². The third-order valence-corrected chi connectivity index (χ3v) is 14.6. The third-order valence-electron chi connectivity index (χ3n) is 14.3. The zero-order valence-corrected chi connectivity index (χ0v) is 47.1. The number of amidine groups is 1. The second-order valence-electron chi connectivity index (χ2n) is 20.1.